The van der Waals surface area contributed by atoms with Crippen LogP contribution in [0.3, 0.4) is 0 Å². The van der Waals surface area contributed by atoms with E-state index < -0.39 is 60.0 Å². The van der Waals surface area contributed by atoms with Gasteiger partial charge in [-0.1, -0.05) is 27.7 Å². The first kappa shape index (κ1) is 33.8. The van der Waals surface area contributed by atoms with Crippen LogP contribution in [0.4, 0.5) is 0 Å². The molecular weight excluding hydrogens is 530 g/mol. The maximum Gasteiger partial charge on any atom is 0.308 e. The second-order valence-corrected chi connectivity index (χ2v) is 12.9. The summed E-state index contributed by atoms with van der Waals surface area (Å²) in [4.78, 5) is 40.0. The second kappa shape index (κ2) is 14.2. The SMILES string of the molecule is CC[C@@H]1OC(=O)C[C@H](O)[C@H](C)[C@H](O[C@@H]2O[C@H](C)C[C@H](N(C)C)[C@@H]2O)[C@H](CC=O)C[C@H](C)C(=O)/C=C/[C@]2(C)O[C@H]2[C@H]1C. The van der Waals surface area contributed by atoms with Gasteiger partial charge in [0.1, 0.15) is 24.1 Å². The molecule has 0 saturated carbocycles. The minimum absolute atomic E-state index is 0.0707. The molecule has 10 nitrogen and oxygen atoms in total. The summed E-state index contributed by atoms with van der Waals surface area (Å²) in [5, 5.41) is 22.4. The number of aliphatic hydroxyl groups is 2. The first-order chi connectivity index (χ1) is 19.2. The zero-order chi connectivity index (χ0) is 30.6. The highest BCUT2D eigenvalue weighted by molar-refractivity contribution is 5.91. The van der Waals surface area contributed by atoms with Crippen molar-refractivity contribution in [1.82, 2.24) is 4.90 Å². The molecule has 0 amide bonds. The molecule has 13 atom stereocenters. The largest absolute Gasteiger partial charge is 0.462 e. The van der Waals surface area contributed by atoms with Crippen molar-refractivity contribution in [3.8, 4) is 0 Å². The van der Waals surface area contributed by atoms with Crippen LogP contribution in [-0.2, 0) is 33.3 Å². The van der Waals surface area contributed by atoms with Crippen molar-refractivity contribution < 1.29 is 43.5 Å². The predicted molar refractivity (Wildman–Crippen MR) is 152 cm³/mol. The van der Waals surface area contributed by atoms with Gasteiger partial charge >= 0.3 is 5.97 Å². The Morgan fingerprint density at radius 3 is 2.41 bits per heavy atom. The molecule has 0 unspecified atom stereocenters. The molecule has 3 rings (SSSR count). The maximum atomic E-state index is 13.2. The van der Waals surface area contributed by atoms with E-state index in [1.54, 1.807) is 19.1 Å². The fourth-order valence-electron chi connectivity index (χ4n) is 6.50. The Morgan fingerprint density at radius 2 is 1.80 bits per heavy atom. The molecule has 0 spiro atoms. The topological polar surface area (TPSA) is 135 Å². The Morgan fingerprint density at radius 1 is 1.12 bits per heavy atom. The molecule has 3 aliphatic heterocycles. The van der Waals surface area contributed by atoms with Crippen LogP contribution in [0.1, 0.15) is 73.6 Å². The highest BCUT2D eigenvalue weighted by Gasteiger charge is 2.55. The third-order valence-corrected chi connectivity index (χ3v) is 9.29. The van der Waals surface area contributed by atoms with Gasteiger partial charge < -0.3 is 38.9 Å². The Kier molecular flexibility index (Phi) is 11.7. The van der Waals surface area contributed by atoms with Gasteiger partial charge in [0.25, 0.3) is 0 Å². The fourth-order valence-corrected chi connectivity index (χ4v) is 6.50. The van der Waals surface area contributed by atoms with Crippen LogP contribution in [0, 0.1) is 23.7 Å². The molecule has 3 heterocycles. The minimum atomic E-state index is -1.15. The van der Waals surface area contributed by atoms with E-state index in [9.17, 15) is 24.6 Å². The molecule has 0 radical (unpaired) electrons. The summed E-state index contributed by atoms with van der Waals surface area (Å²) in [7, 11) is 3.76. The summed E-state index contributed by atoms with van der Waals surface area (Å²) >= 11 is 0. The number of aliphatic hydroxyl groups excluding tert-OH is 2. The van der Waals surface area contributed by atoms with Crippen LogP contribution in [0.15, 0.2) is 12.2 Å². The minimum Gasteiger partial charge on any atom is -0.462 e. The number of likely N-dealkylation sites (N-methyl/N-ethyl adjacent to an activating group) is 1. The molecule has 0 aromatic carbocycles. The highest BCUT2D eigenvalue weighted by atomic mass is 16.7. The van der Waals surface area contributed by atoms with E-state index in [2.05, 4.69) is 0 Å². The van der Waals surface area contributed by atoms with Gasteiger partial charge in [0.15, 0.2) is 12.1 Å². The van der Waals surface area contributed by atoms with Gasteiger partial charge in [-0.2, -0.15) is 0 Å². The second-order valence-electron chi connectivity index (χ2n) is 12.9. The predicted octanol–water partition coefficient (Wildman–Crippen LogP) is 2.67. The van der Waals surface area contributed by atoms with E-state index in [0.717, 1.165) is 6.29 Å². The van der Waals surface area contributed by atoms with Crippen molar-refractivity contribution in [3.05, 3.63) is 12.2 Å². The molecule has 2 fully saturated rings. The molecule has 234 valence electrons. The number of hydrogen-bond acceptors (Lipinski definition) is 10. The summed E-state index contributed by atoms with van der Waals surface area (Å²) in [5.41, 5.74) is -0.637. The van der Waals surface area contributed by atoms with Crippen LogP contribution in [0.2, 0.25) is 0 Å². The number of rotatable bonds is 6. The van der Waals surface area contributed by atoms with Gasteiger partial charge in [-0.15, -0.1) is 0 Å². The number of allylic oxidation sites excluding steroid dienone is 1. The maximum absolute atomic E-state index is 13.2. The summed E-state index contributed by atoms with van der Waals surface area (Å²) in [6.45, 7) is 11.3. The molecule has 41 heavy (non-hydrogen) atoms. The molecule has 0 aromatic heterocycles. The Bertz CT molecular complexity index is 941. The van der Waals surface area contributed by atoms with Crippen molar-refractivity contribution in [3.63, 3.8) is 0 Å². The molecule has 0 aliphatic carbocycles. The Labute approximate surface area is 244 Å². The molecule has 2 saturated heterocycles. The number of fused-ring (bicyclic) bond motifs is 1. The van der Waals surface area contributed by atoms with Crippen LogP contribution in [-0.4, -0.2) is 102 Å². The average Bonchev–Trinajstić information content (AvgIpc) is 3.60. The lowest BCUT2D eigenvalue weighted by molar-refractivity contribution is -0.283. The number of esters is 1. The van der Waals surface area contributed by atoms with Gasteiger partial charge in [0, 0.05) is 30.2 Å². The average molecular weight is 582 g/mol. The van der Waals surface area contributed by atoms with Crippen LogP contribution < -0.4 is 0 Å². The summed E-state index contributed by atoms with van der Waals surface area (Å²) in [6.07, 6.45) is 0.627. The molecular formula is C31H51NO9. The fraction of sp³-hybridized carbons (Fsp3) is 0.839. The zero-order valence-corrected chi connectivity index (χ0v) is 25.9. The van der Waals surface area contributed by atoms with Crippen molar-refractivity contribution in [2.24, 2.45) is 23.7 Å². The van der Waals surface area contributed by atoms with E-state index in [-0.39, 0.29) is 42.8 Å². The number of carbonyl (C=O) groups is 3. The number of cyclic esters (lactones) is 1. The third-order valence-electron chi connectivity index (χ3n) is 9.29. The van der Waals surface area contributed by atoms with Gasteiger partial charge in [-0.25, -0.2) is 0 Å². The van der Waals surface area contributed by atoms with E-state index in [4.69, 9.17) is 18.9 Å². The van der Waals surface area contributed by atoms with Crippen LogP contribution in [0.25, 0.3) is 0 Å². The van der Waals surface area contributed by atoms with E-state index in [0.29, 0.717) is 19.3 Å². The lowest BCUT2D eigenvalue weighted by atomic mass is 9.79. The smallest absolute Gasteiger partial charge is 0.308 e. The first-order valence-electron chi connectivity index (χ1n) is 15.1. The number of aldehydes is 1. The number of ether oxygens (including phenoxy) is 4. The van der Waals surface area contributed by atoms with Crippen LogP contribution >= 0.6 is 0 Å². The Hall–Kier alpha value is -1.69. The van der Waals surface area contributed by atoms with E-state index >= 15 is 0 Å². The van der Waals surface area contributed by atoms with Crippen molar-refractivity contribution in [2.45, 2.75) is 128 Å². The van der Waals surface area contributed by atoms with Gasteiger partial charge in [0.05, 0.1) is 30.8 Å². The highest BCUT2D eigenvalue weighted by Crippen LogP contribution is 2.45. The zero-order valence-electron chi connectivity index (χ0n) is 25.9. The lowest BCUT2D eigenvalue weighted by Gasteiger charge is -2.44. The lowest BCUT2D eigenvalue weighted by Crippen LogP contribution is -2.56. The summed E-state index contributed by atoms with van der Waals surface area (Å²) in [6, 6.07) is -0.219. The standard InChI is InChI=1S/C31H51NO9/c1-9-25-20(5)29-31(6,41-29)12-10-23(34)17(2)14-21(11-13-33)28(19(4)24(35)16-26(36)39-25)40-30-27(37)22(32(7)8)15-18(3)38-30/h10,12-13,17-22,24-25,27-30,35,37H,9,11,14-16H2,1-8H3/b12-10+/t17-,18+,19-,20-,21+,22-,24-,25-,27-,28-,29-,30-,31-/m0/s1. The normalized spacial score (nSPS) is 45.5. The third kappa shape index (κ3) is 8.24. The molecule has 0 bridgehead atoms. The van der Waals surface area contributed by atoms with Crippen molar-refractivity contribution in [1.29, 1.82) is 0 Å². The van der Waals surface area contributed by atoms with Crippen LogP contribution in [0.5, 0.6) is 0 Å². The monoisotopic (exact) mass is 581 g/mol. The number of carbonyl (C=O) groups excluding carboxylic acids is 3. The number of ketones is 1. The first-order valence-corrected chi connectivity index (χ1v) is 15.1. The molecule has 0 aromatic rings. The van der Waals surface area contributed by atoms with Gasteiger partial charge in [-0.3, -0.25) is 9.59 Å². The number of epoxide rings is 1. The van der Waals surface area contributed by atoms with Gasteiger partial charge in [-0.05, 0) is 65.3 Å². The number of hydrogen-bond donors (Lipinski definition) is 2. The van der Waals surface area contributed by atoms with E-state index in [1.165, 1.54) is 0 Å². The molecule has 2 N–H and O–H groups in total. The van der Waals surface area contributed by atoms with Crippen molar-refractivity contribution >= 4 is 18.0 Å². The molecule has 3 aliphatic rings. The quantitative estimate of drug-likeness (QED) is 0.274. The molecule has 10 heteroatoms. The van der Waals surface area contributed by atoms with Gasteiger partial charge in [0.2, 0.25) is 0 Å². The summed E-state index contributed by atoms with van der Waals surface area (Å²) < 4.78 is 24.2. The summed E-state index contributed by atoms with van der Waals surface area (Å²) in [5.74, 6) is -2.32. The Balaban J connectivity index is 1.95. The number of nitrogens with zero attached hydrogens (tertiary/aromatic N) is 1. The van der Waals surface area contributed by atoms with Crippen molar-refractivity contribution in [2.75, 3.05) is 14.1 Å². The van der Waals surface area contributed by atoms with E-state index in [1.807, 2.05) is 53.6 Å².